The lowest BCUT2D eigenvalue weighted by molar-refractivity contribution is -0.145. The zero-order chi connectivity index (χ0) is 20.9. The SMILES string of the molecule is COC(=O)[C@H](Cc1ccc(C)c(C)c1)NC(=O)Cc1ccc(C(F)(F)F)cc1. The minimum absolute atomic E-state index is 0.140. The van der Waals surface area contributed by atoms with Gasteiger partial charge in [0.05, 0.1) is 19.1 Å². The standard InChI is InChI=1S/C21H22F3NO3/c1-13-4-5-16(10-14(13)2)11-18(20(27)28-3)25-19(26)12-15-6-8-17(9-7-15)21(22,23)24/h4-10,18H,11-12H2,1-3H3,(H,25,26)/t18-/m0/s1. The Bertz CT molecular complexity index is 845. The molecule has 0 aromatic heterocycles. The van der Waals surface area contributed by atoms with Gasteiger partial charge < -0.3 is 10.1 Å². The third-order valence-corrected chi connectivity index (χ3v) is 4.48. The minimum atomic E-state index is -4.43. The van der Waals surface area contributed by atoms with Gasteiger partial charge in [0.15, 0.2) is 0 Å². The van der Waals surface area contributed by atoms with Crippen LogP contribution in [0.4, 0.5) is 13.2 Å². The summed E-state index contributed by atoms with van der Waals surface area (Å²) in [6, 6.07) is 9.22. The highest BCUT2D eigenvalue weighted by Gasteiger charge is 2.30. The predicted molar refractivity (Wildman–Crippen MR) is 98.7 cm³/mol. The first-order valence-electron chi connectivity index (χ1n) is 8.69. The Labute approximate surface area is 161 Å². The molecule has 0 saturated carbocycles. The number of nitrogens with one attached hydrogen (secondary N) is 1. The quantitative estimate of drug-likeness (QED) is 0.761. The highest BCUT2D eigenvalue weighted by Crippen LogP contribution is 2.29. The summed E-state index contributed by atoms with van der Waals surface area (Å²) >= 11 is 0. The first kappa shape index (κ1) is 21.5. The number of halogens is 3. The van der Waals surface area contributed by atoms with E-state index in [1.165, 1.54) is 19.2 Å². The van der Waals surface area contributed by atoms with Crippen molar-refractivity contribution >= 4 is 11.9 Å². The van der Waals surface area contributed by atoms with Gasteiger partial charge in [-0.3, -0.25) is 4.79 Å². The Morgan fingerprint density at radius 2 is 1.61 bits per heavy atom. The summed E-state index contributed by atoms with van der Waals surface area (Å²) in [5, 5.41) is 2.61. The van der Waals surface area contributed by atoms with E-state index in [0.29, 0.717) is 5.56 Å². The van der Waals surface area contributed by atoms with E-state index in [4.69, 9.17) is 4.74 Å². The van der Waals surface area contributed by atoms with Gasteiger partial charge in [0, 0.05) is 6.42 Å². The molecule has 0 fully saturated rings. The molecule has 4 nitrogen and oxygen atoms in total. The molecule has 1 N–H and O–H groups in total. The van der Waals surface area contributed by atoms with Gasteiger partial charge in [0.1, 0.15) is 6.04 Å². The topological polar surface area (TPSA) is 55.4 Å². The maximum absolute atomic E-state index is 12.6. The molecule has 28 heavy (non-hydrogen) atoms. The number of esters is 1. The van der Waals surface area contributed by atoms with Gasteiger partial charge in [-0.05, 0) is 48.2 Å². The number of benzene rings is 2. The zero-order valence-electron chi connectivity index (χ0n) is 15.9. The van der Waals surface area contributed by atoms with Crippen LogP contribution in [0.2, 0.25) is 0 Å². The number of carbonyl (C=O) groups excluding carboxylic acids is 2. The van der Waals surface area contributed by atoms with Crippen molar-refractivity contribution in [2.24, 2.45) is 0 Å². The van der Waals surface area contributed by atoms with Crippen LogP contribution in [0, 0.1) is 13.8 Å². The second kappa shape index (κ2) is 8.91. The molecule has 0 heterocycles. The van der Waals surface area contributed by atoms with Gasteiger partial charge in [-0.2, -0.15) is 13.2 Å². The van der Waals surface area contributed by atoms with Crippen molar-refractivity contribution in [2.75, 3.05) is 7.11 Å². The van der Waals surface area contributed by atoms with Crippen molar-refractivity contribution in [3.8, 4) is 0 Å². The highest BCUT2D eigenvalue weighted by atomic mass is 19.4. The molecule has 0 aliphatic carbocycles. The molecule has 150 valence electrons. The number of aryl methyl sites for hydroxylation is 2. The second-order valence-corrected chi connectivity index (χ2v) is 6.64. The molecule has 0 spiro atoms. The summed E-state index contributed by atoms with van der Waals surface area (Å²) in [5.74, 6) is -1.06. The Morgan fingerprint density at radius 3 is 2.14 bits per heavy atom. The van der Waals surface area contributed by atoms with Crippen LogP contribution in [-0.2, 0) is 33.3 Å². The number of hydrogen-bond acceptors (Lipinski definition) is 3. The van der Waals surface area contributed by atoms with Crippen LogP contribution >= 0.6 is 0 Å². The van der Waals surface area contributed by atoms with E-state index in [-0.39, 0.29) is 12.8 Å². The van der Waals surface area contributed by atoms with E-state index >= 15 is 0 Å². The van der Waals surface area contributed by atoms with Crippen LogP contribution in [-0.4, -0.2) is 25.0 Å². The maximum atomic E-state index is 12.6. The fourth-order valence-electron chi connectivity index (χ4n) is 2.74. The van der Waals surface area contributed by atoms with Gasteiger partial charge >= 0.3 is 12.1 Å². The summed E-state index contributed by atoms with van der Waals surface area (Å²) in [6.45, 7) is 3.93. The molecule has 1 amide bonds. The number of amides is 1. The van der Waals surface area contributed by atoms with Crippen LogP contribution < -0.4 is 5.32 Å². The highest BCUT2D eigenvalue weighted by molar-refractivity contribution is 5.85. The Morgan fingerprint density at radius 1 is 1.00 bits per heavy atom. The van der Waals surface area contributed by atoms with Crippen LogP contribution in [0.15, 0.2) is 42.5 Å². The van der Waals surface area contributed by atoms with Crippen LogP contribution in [0.25, 0.3) is 0 Å². The van der Waals surface area contributed by atoms with E-state index < -0.39 is 29.7 Å². The van der Waals surface area contributed by atoms with Crippen LogP contribution in [0.3, 0.4) is 0 Å². The molecular formula is C21H22F3NO3. The lowest BCUT2D eigenvalue weighted by Gasteiger charge is -2.17. The van der Waals surface area contributed by atoms with Crippen molar-refractivity contribution in [2.45, 2.75) is 38.9 Å². The van der Waals surface area contributed by atoms with Crippen molar-refractivity contribution in [3.05, 3.63) is 70.3 Å². The monoisotopic (exact) mass is 393 g/mol. The number of carbonyl (C=O) groups is 2. The first-order valence-corrected chi connectivity index (χ1v) is 8.69. The molecule has 2 rings (SSSR count). The van der Waals surface area contributed by atoms with E-state index in [9.17, 15) is 22.8 Å². The lowest BCUT2D eigenvalue weighted by atomic mass is 10.0. The van der Waals surface area contributed by atoms with E-state index in [1.54, 1.807) is 0 Å². The fourth-order valence-corrected chi connectivity index (χ4v) is 2.74. The minimum Gasteiger partial charge on any atom is -0.467 e. The Balaban J connectivity index is 2.06. The average Bonchev–Trinajstić information content (AvgIpc) is 2.63. The number of hydrogen-bond donors (Lipinski definition) is 1. The maximum Gasteiger partial charge on any atom is 0.416 e. The molecule has 0 radical (unpaired) electrons. The van der Waals surface area contributed by atoms with Gasteiger partial charge in [-0.1, -0.05) is 30.3 Å². The third kappa shape index (κ3) is 5.84. The smallest absolute Gasteiger partial charge is 0.416 e. The number of ether oxygens (including phenoxy) is 1. The number of alkyl halides is 3. The zero-order valence-corrected chi connectivity index (χ0v) is 15.9. The third-order valence-electron chi connectivity index (χ3n) is 4.48. The Hall–Kier alpha value is -2.83. The van der Waals surface area contributed by atoms with E-state index in [2.05, 4.69) is 5.32 Å². The Kier molecular flexibility index (Phi) is 6.83. The summed E-state index contributed by atoms with van der Waals surface area (Å²) < 4.78 is 42.6. The first-order chi connectivity index (χ1) is 13.1. The molecule has 0 aliphatic rings. The van der Waals surface area contributed by atoms with E-state index in [0.717, 1.165) is 28.8 Å². The average molecular weight is 393 g/mol. The second-order valence-electron chi connectivity index (χ2n) is 6.64. The molecule has 7 heteroatoms. The van der Waals surface area contributed by atoms with Gasteiger partial charge in [-0.25, -0.2) is 4.79 Å². The van der Waals surface area contributed by atoms with Gasteiger partial charge in [-0.15, -0.1) is 0 Å². The number of methoxy groups -OCH3 is 1. The summed E-state index contributed by atoms with van der Waals surface area (Å²) in [6.07, 6.45) is -4.31. The molecule has 0 bridgehead atoms. The van der Waals surface area contributed by atoms with Crippen LogP contribution in [0.5, 0.6) is 0 Å². The predicted octanol–water partition coefficient (Wildman–Crippen LogP) is 3.77. The van der Waals surface area contributed by atoms with Crippen molar-refractivity contribution in [3.63, 3.8) is 0 Å². The van der Waals surface area contributed by atoms with Crippen molar-refractivity contribution in [1.82, 2.24) is 5.32 Å². The molecule has 1 atom stereocenters. The number of rotatable bonds is 6. The largest absolute Gasteiger partial charge is 0.467 e. The molecule has 0 unspecified atom stereocenters. The molecule has 2 aromatic carbocycles. The van der Waals surface area contributed by atoms with Crippen molar-refractivity contribution in [1.29, 1.82) is 0 Å². The van der Waals surface area contributed by atoms with Crippen LogP contribution in [0.1, 0.15) is 27.8 Å². The summed E-state index contributed by atoms with van der Waals surface area (Å²) in [5.41, 5.74) is 2.69. The van der Waals surface area contributed by atoms with E-state index in [1.807, 2.05) is 32.0 Å². The summed E-state index contributed by atoms with van der Waals surface area (Å²) in [7, 11) is 1.23. The fraction of sp³-hybridized carbons (Fsp3) is 0.333. The van der Waals surface area contributed by atoms with Gasteiger partial charge in [0.2, 0.25) is 5.91 Å². The van der Waals surface area contributed by atoms with Crippen molar-refractivity contribution < 1.29 is 27.5 Å². The molecule has 0 aliphatic heterocycles. The van der Waals surface area contributed by atoms with Gasteiger partial charge in [0.25, 0.3) is 0 Å². The molecule has 0 saturated heterocycles. The lowest BCUT2D eigenvalue weighted by Crippen LogP contribution is -2.43. The summed E-state index contributed by atoms with van der Waals surface area (Å²) in [4.78, 5) is 24.3. The normalized spacial score (nSPS) is 12.4. The molecular weight excluding hydrogens is 371 g/mol. The molecule has 2 aromatic rings.